The van der Waals surface area contributed by atoms with Crippen LogP contribution in [0.5, 0.6) is 0 Å². The van der Waals surface area contributed by atoms with Crippen molar-refractivity contribution in [2.75, 3.05) is 38.6 Å². The normalized spacial score (nSPS) is 15.4. The Balaban J connectivity index is -0.000000144. The van der Waals surface area contributed by atoms with Crippen LogP contribution in [0.4, 0.5) is 4.79 Å². The largest absolute Gasteiger partial charge is 1.00 e. The Morgan fingerprint density at radius 1 is 1.28 bits per heavy atom. The molecule has 0 aliphatic carbocycles. The van der Waals surface area contributed by atoms with Crippen LogP contribution < -0.4 is 29.6 Å². The van der Waals surface area contributed by atoms with Crippen LogP contribution in [0, 0.1) is 0 Å². The molecule has 0 atom stereocenters. The summed E-state index contributed by atoms with van der Waals surface area (Å²) in [4.78, 5) is 10.5. The Kier molecular flexibility index (Phi) is 15.6. The van der Waals surface area contributed by atoms with Crippen LogP contribution in [0.2, 0.25) is 0 Å². The van der Waals surface area contributed by atoms with Gasteiger partial charge in [-0.2, -0.15) is 8.42 Å². The van der Waals surface area contributed by atoms with Gasteiger partial charge in [0.2, 0.25) is 0 Å². The number of hydrogen-bond donors (Lipinski definition) is 3. The van der Waals surface area contributed by atoms with Gasteiger partial charge in [0, 0.05) is 19.6 Å². The van der Waals surface area contributed by atoms with Crippen molar-refractivity contribution in [3.63, 3.8) is 0 Å². The summed E-state index contributed by atoms with van der Waals surface area (Å²) in [6, 6.07) is 0. The molecule has 0 bridgehead atoms. The molecule has 9 nitrogen and oxygen atoms in total. The van der Waals surface area contributed by atoms with Crippen molar-refractivity contribution in [1.29, 1.82) is 0 Å². The van der Waals surface area contributed by atoms with Crippen LogP contribution in [-0.2, 0) is 14.9 Å². The van der Waals surface area contributed by atoms with E-state index in [2.05, 4.69) is 0 Å². The molecular formula is C7H18NNaO8S. The van der Waals surface area contributed by atoms with Crippen LogP contribution in [0.15, 0.2) is 0 Å². The van der Waals surface area contributed by atoms with Gasteiger partial charge in [-0.1, -0.05) is 0 Å². The van der Waals surface area contributed by atoms with E-state index < -0.39 is 16.3 Å². The zero-order chi connectivity index (χ0) is 12.6. The quantitative estimate of drug-likeness (QED) is 0.349. The average Bonchev–Trinajstić information content (AvgIpc) is 2.14. The summed E-state index contributed by atoms with van der Waals surface area (Å²) in [7, 11) is -3.81. The first-order valence-electron chi connectivity index (χ1n) is 4.48. The third-order valence-electron chi connectivity index (χ3n) is 1.77. The molecule has 0 spiro atoms. The summed E-state index contributed by atoms with van der Waals surface area (Å²) in [6.07, 6.45) is -1.83. The molecule has 1 rings (SSSR count). The molecule has 106 valence electrons. The van der Waals surface area contributed by atoms with Gasteiger partial charge in [0.15, 0.2) is 0 Å². The van der Waals surface area contributed by atoms with Gasteiger partial charge in [0.1, 0.15) is 0 Å². The number of hydrogen-bond acceptors (Lipinski definition) is 5. The van der Waals surface area contributed by atoms with Gasteiger partial charge >= 0.3 is 35.7 Å². The minimum Gasteiger partial charge on any atom is -1.00 e. The van der Waals surface area contributed by atoms with Gasteiger partial charge < -0.3 is 21.9 Å². The Morgan fingerprint density at radius 3 is 2.00 bits per heavy atom. The Labute approximate surface area is 129 Å². The molecule has 11 heteroatoms. The topological polar surface area (TPSA) is 156 Å². The summed E-state index contributed by atoms with van der Waals surface area (Å²) in [6.45, 7) is 3.17. The maximum atomic E-state index is 10.4. The zero-order valence-electron chi connectivity index (χ0n) is 11.1. The predicted molar refractivity (Wildman–Crippen MR) is 59.1 cm³/mol. The van der Waals surface area contributed by atoms with Crippen LogP contribution in [0.1, 0.15) is 1.43 Å². The van der Waals surface area contributed by atoms with Crippen molar-refractivity contribution in [3.8, 4) is 0 Å². The maximum absolute atomic E-state index is 10.4. The maximum Gasteiger partial charge on any atom is 1.00 e. The number of ether oxygens (including phenoxy) is 1. The second kappa shape index (κ2) is 12.1. The molecule has 1 fully saturated rings. The third kappa shape index (κ3) is 18.4. The molecule has 1 aliphatic heterocycles. The van der Waals surface area contributed by atoms with Crippen molar-refractivity contribution in [2.45, 2.75) is 0 Å². The molecule has 18 heavy (non-hydrogen) atoms. The van der Waals surface area contributed by atoms with Gasteiger partial charge in [0.05, 0.1) is 19.0 Å². The van der Waals surface area contributed by atoms with E-state index in [1.54, 1.807) is 0 Å². The minimum absolute atomic E-state index is 0. The summed E-state index contributed by atoms with van der Waals surface area (Å²) < 4.78 is 34.3. The SMILES string of the molecule is O.O=C(O)O.O=S(=O)(O)CCN1CCOCC1.[H-].[Na+]. The van der Waals surface area contributed by atoms with Crippen molar-refractivity contribution in [1.82, 2.24) is 4.90 Å². The summed E-state index contributed by atoms with van der Waals surface area (Å²) in [5.74, 6) is -0.188. The van der Waals surface area contributed by atoms with E-state index in [0.717, 1.165) is 13.1 Å². The van der Waals surface area contributed by atoms with E-state index in [1.165, 1.54) is 0 Å². The van der Waals surface area contributed by atoms with Crippen molar-refractivity contribution in [2.24, 2.45) is 0 Å². The van der Waals surface area contributed by atoms with E-state index in [4.69, 9.17) is 24.3 Å². The van der Waals surface area contributed by atoms with Crippen molar-refractivity contribution in [3.05, 3.63) is 0 Å². The standard InChI is InChI=1S/C6H13NO4S.CH2O3.Na.H2O.H/c8-12(9,10)6-3-7-1-4-11-5-2-7;2-1(3)4;;;/h1-6H2,(H,8,9,10);(H2,2,3,4);;1H2;/q;;+1;;-1. The van der Waals surface area contributed by atoms with Crippen molar-refractivity contribution < 1.29 is 69.2 Å². The fourth-order valence-corrected chi connectivity index (χ4v) is 1.56. The van der Waals surface area contributed by atoms with Crippen LogP contribution >= 0.6 is 0 Å². The van der Waals surface area contributed by atoms with Gasteiger partial charge in [-0.25, -0.2) is 4.79 Å². The number of rotatable bonds is 3. The number of nitrogens with zero attached hydrogens (tertiary/aromatic N) is 1. The zero-order valence-corrected chi connectivity index (χ0v) is 12.9. The van der Waals surface area contributed by atoms with E-state index in [1.807, 2.05) is 4.90 Å². The first-order chi connectivity index (χ1) is 7.31. The summed E-state index contributed by atoms with van der Waals surface area (Å²) in [5.41, 5.74) is 0. The average molecular weight is 299 g/mol. The molecule has 0 amide bonds. The molecule has 1 heterocycles. The van der Waals surface area contributed by atoms with Crippen LogP contribution in [-0.4, -0.2) is 78.3 Å². The molecule has 0 aromatic rings. The Morgan fingerprint density at radius 2 is 1.67 bits per heavy atom. The van der Waals surface area contributed by atoms with Crippen molar-refractivity contribution >= 4 is 16.3 Å². The first-order valence-corrected chi connectivity index (χ1v) is 6.09. The molecule has 0 aromatic carbocycles. The number of carbonyl (C=O) groups is 1. The molecule has 1 saturated heterocycles. The molecule has 1 aliphatic rings. The molecule has 5 N–H and O–H groups in total. The van der Waals surface area contributed by atoms with E-state index in [9.17, 15) is 8.42 Å². The Hall–Kier alpha value is 0.0600. The monoisotopic (exact) mass is 299 g/mol. The predicted octanol–water partition coefficient (Wildman–Crippen LogP) is -4.28. The summed E-state index contributed by atoms with van der Waals surface area (Å²) >= 11 is 0. The second-order valence-electron chi connectivity index (χ2n) is 3.02. The fourth-order valence-electron chi connectivity index (χ4n) is 1.07. The molecular weight excluding hydrogens is 281 g/mol. The summed E-state index contributed by atoms with van der Waals surface area (Å²) in [5, 5.41) is 13.9. The number of carboxylic acid groups (broad SMARTS) is 2. The Bertz CT molecular complexity index is 304. The van der Waals surface area contributed by atoms with Crippen LogP contribution in [0.25, 0.3) is 0 Å². The van der Waals surface area contributed by atoms with Gasteiger partial charge in [0.25, 0.3) is 10.1 Å². The van der Waals surface area contributed by atoms with Gasteiger partial charge in [-0.3, -0.25) is 9.45 Å². The molecule has 0 unspecified atom stereocenters. The number of morpholine rings is 1. The van der Waals surface area contributed by atoms with Gasteiger partial charge in [-0.15, -0.1) is 0 Å². The van der Waals surface area contributed by atoms with E-state index >= 15 is 0 Å². The second-order valence-corrected chi connectivity index (χ2v) is 4.59. The third-order valence-corrected chi connectivity index (χ3v) is 2.47. The molecule has 0 radical (unpaired) electrons. The molecule has 0 aromatic heterocycles. The molecule has 0 saturated carbocycles. The minimum atomic E-state index is -3.81. The van der Waals surface area contributed by atoms with Gasteiger partial charge in [-0.05, 0) is 0 Å². The first kappa shape index (κ1) is 23.2. The smallest absolute Gasteiger partial charge is 1.00 e. The van der Waals surface area contributed by atoms with E-state index in [-0.39, 0.29) is 42.2 Å². The van der Waals surface area contributed by atoms with Crippen LogP contribution in [0.3, 0.4) is 0 Å². The van der Waals surface area contributed by atoms with E-state index in [0.29, 0.717) is 19.8 Å². The fraction of sp³-hybridized carbons (Fsp3) is 0.857.